The third kappa shape index (κ3) is 3.79. The van der Waals surface area contributed by atoms with Crippen LogP contribution < -0.4 is 10.6 Å². The van der Waals surface area contributed by atoms with E-state index in [4.69, 9.17) is 4.74 Å². The van der Waals surface area contributed by atoms with Gasteiger partial charge in [-0.15, -0.1) is 0 Å². The number of methoxy groups -OCH3 is 1. The normalized spacial score (nSPS) is 10.3. The van der Waals surface area contributed by atoms with Crippen molar-refractivity contribution in [2.24, 2.45) is 0 Å². The van der Waals surface area contributed by atoms with Crippen LogP contribution in [-0.2, 0) is 4.74 Å². The monoisotopic (exact) mass is 306 g/mol. The third-order valence-electron chi connectivity index (χ3n) is 2.99. The molecule has 2 N–H and O–H groups in total. The molecule has 0 heterocycles. The zero-order valence-electron chi connectivity index (χ0n) is 12.0. The van der Waals surface area contributed by atoms with E-state index in [1.165, 1.54) is 12.1 Å². The molecule has 116 valence electrons. The van der Waals surface area contributed by atoms with Gasteiger partial charge in [0.05, 0.1) is 23.5 Å². The summed E-state index contributed by atoms with van der Waals surface area (Å²) in [5.41, 5.74) is 0.809. The summed E-state index contributed by atoms with van der Waals surface area (Å²) >= 11 is 0. The fraction of sp³-hybridized carbons (Fsp3) is 0.188. The minimum Gasteiger partial charge on any atom is -0.383 e. The van der Waals surface area contributed by atoms with Crippen molar-refractivity contribution in [2.75, 3.05) is 30.9 Å². The number of hydrogen-bond donors (Lipinski definition) is 2. The molecule has 1 amide bonds. The molecule has 2 rings (SSSR count). The summed E-state index contributed by atoms with van der Waals surface area (Å²) in [7, 11) is 1.59. The summed E-state index contributed by atoms with van der Waals surface area (Å²) in [6, 6.07) is 10.5. The van der Waals surface area contributed by atoms with E-state index in [-0.39, 0.29) is 5.56 Å². The summed E-state index contributed by atoms with van der Waals surface area (Å²) in [4.78, 5) is 12.1. The van der Waals surface area contributed by atoms with Gasteiger partial charge in [0.15, 0.2) is 11.6 Å². The number of halogens is 2. The first-order chi connectivity index (χ1) is 10.6. The van der Waals surface area contributed by atoms with Gasteiger partial charge in [0.25, 0.3) is 5.91 Å². The maximum absolute atomic E-state index is 13.6. The van der Waals surface area contributed by atoms with Crippen molar-refractivity contribution in [1.29, 1.82) is 0 Å². The molecule has 0 spiro atoms. The first-order valence-corrected chi connectivity index (χ1v) is 6.70. The van der Waals surface area contributed by atoms with Gasteiger partial charge in [-0.1, -0.05) is 18.2 Å². The van der Waals surface area contributed by atoms with E-state index in [1.54, 1.807) is 31.4 Å². The summed E-state index contributed by atoms with van der Waals surface area (Å²) in [5.74, 6) is -2.93. The number of carbonyl (C=O) groups is 1. The Kier molecular flexibility index (Phi) is 5.43. The van der Waals surface area contributed by atoms with Gasteiger partial charge in [-0.2, -0.15) is 0 Å². The van der Waals surface area contributed by atoms with Crippen LogP contribution in [0.1, 0.15) is 10.4 Å². The lowest BCUT2D eigenvalue weighted by Crippen LogP contribution is -2.16. The summed E-state index contributed by atoms with van der Waals surface area (Å²) in [6.07, 6.45) is 0. The number of carbonyl (C=O) groups excluding carboxylic acids is 1. The Balaban J connectivity index is 2.16. The van der Waals surface area contributed by atoms with Crippen LogP contribution in [0.3, 0.4) is 0 Å². The molecule has 0 aliphatic carbocycles. The Morgan fingerprint density at radius 2 is 1.82 bits per heavy atom. The molecule has 0 bridgehead atoms. The standard InChI is InChI=1S/C16H16F2N2O2/c1-22-10-9-19-13-7-2-3-8-14(13)20-16(21)11-5-4-6-12(17)15(11)18/h2-8,19H,9-10H2,1H3,(H,20,21). The number of ether oxygens (including phenoxy) is 1. The number of anilines is 2. The molecular formula is C16H16F2N2O2. The average Bonchev–Trinajstić information content (AvgIpc) is 2.52. The number of para-hydroxylation sites is 2. The van der Waals surface area contributed by atoms with Gasteiger partial charge in [0.2, 0.25) is 0 Å². The maximum atomic E-state index is 13.6. The minimum absolute atomic E-state index is 0.341. The second-order valence-corrected chi connectivity index (χ2v) is 4.52. The van der Waals surface area contributed by atoms with Crippen LogP contribution in [0.25, 0.3) is 0 Å². The highest BCUT2D eigenvalue weighted by molar-refractivity contribution is 6.06. The van der Waals surface area contributed by atoms with Crippen molar-refractivity contribution in [3.63, 3.8) is 0 Å². The highest BCUT2D eigenvalue weighted by Gasteiger charge is 2.16. The Bertz CT molecular complexity index is 662. The number of amides is 1. The zero-order chi connectivity index (χ0) is 15.9. The molecule has 4 nitrogen and oxygen atoms in total. The topological polar surface area (TPSA) is 50.4 Å². The first kappa shape index (κ1) is 15.9. The Hall–Kier alpha value is -2.47. The molecule has 0 atom stereocenters. The fourth-order valence-corrected chi connectivity index (χ4v) is 1.90. The Labute approximate surface area is 127 Å². The van der Waals surface area contributed by atoms with Crippen molar-refractivity contribution in [1.82, 2.24) is 0 Å². The molecule has 0 aliphatic heterocycles. The summed E-state index contributed by atoms with van der Waals surface area (Å²) < 4.78 is 31.8. The van der Waals surface area contributed by atoms with Crippen LogP contribution in [0, 0.1) is 11.6 Å². The largest absolute Gasteiger partial charge is 0.383 e. The van der Waals surface area contributed by atoms with Gasteiger partial charge in [-0.3, -0.25) is 4.79 Å². The van der Waals surface area contributed by atoms with E-state index in [0.717, 1.165) is 6.07 Å². The molecule has 0 saturated heterocycles. The van der Waals surface area contributed by atoms with Crippen molar-refractivity contribution in [2.45, 2.75) is 0 Å². The van der Waals surface area contributed by atoms with E-state index < -0.39 is 17.5 Å². The number of rotatable bonds is 6. The lowest BCUT2D eigenvalue weighted by Gasteiger charge is -2.13. The molecule has 22 heavy (non-hydrogen) atoms. The van der Waals surface area contributed by atoms with Gasteiger partial charge in [0, 0.05) is 13.7 Å². The molecule has 0 unspecified atom stereocenters. The highest BCUT2D eigenvalue weighted by atomic mass is 19.2. The van der Waals surface area contributed by atoms with E-state index in [1.807, 2.05) is 0 Å². The molecule has 0 aliphatic rings. The van der Waals surface area contributed by atoms with Crippen molar-refractivity contribution in [3.05, 3.63) is 59.7 Å². The number of benzene rings is 2. The molecular weight excluding hydrogens is 290 g/mol. The van der Waals surface area contributed by atoms with E-state index in [0.29, 0.717) is 24.5 Å². The summed E-state index contributed by atoms with van der Waals surface area (Å²) in [6.45, 7) is 1.05. The smallest absolute Gasteiger partial charge is 0.258 e. The fourth-order valence-electron chi connectivity index (χ4n) is 1.90. The molecule has 2 aromatic carbocycles. The third-order valence-corrected chi connectivity index (χ3v) is 2.99. The van der Waals surface area contributed by atoms with Gasteiger partial charge >= 0.3 is 0 Å². The predicted molar refractivity (Wildman–Crippen MR) is 81.1 cm³/mol. The van der Waals surface area contributed by atoms with Gasteiger partial charge in [-0.05, 0) is 24.3 Å². The van der Waals surface area contributed by atoms with Gasteiger partial charge < -0.3 is 15.4 Å². The molecule has 0 saturated carbocycles. The molecule has 6 heteroatoms. The highest BCUT2D eigenvalue weighted by Crippen LogP contribution is 2.22. The van der Waals surface area contributed by atoms with Gasteiger partial charge in [0.1, 0.15) is 0 Å². The second kappa shape index (κ2) is 7.51. The lowest BCUT2D eigenvalue weighted by molar-refractivity contribution is 0.102. The summed E-state index contributed by atoms with van der Waals surface area (Å²) in [5, 5.41) is 5.66. The van der Waals surface area contributed by atoms with E-state index in [2.05, 4.69) is 10.6 Å². The van der Waals surface area contributed by atoms with Crippen molar-refractivity contribution in [3.8, 4) is 0 Å². The lowest BCUT2D eigenvalue weighted by atomic mass is 10.1. The van der Waals surface area contributed by atoms with Crippen LogP contribution in [0.5, 0.6) is 0 Å². The van der Waals surface area contributed by atoms with Crippen LogP contribution in [0.4, 0.5) is 20.2 Å². The van der Waals surface area contributed by atoms with Gasteiger partial charge in [-0.25, -0.2) is 8.78 Å². The minimum atomic E-state index is -1.16. The predicted octanol–water partition coefficient (Wildman–Crippen LogP) is 3.28. The molecule has 0 radical (unpaired) electrons. The zero-order valence-corrected chi connectivity index (χ0v) is 12.0. The average molecular weight is 306 g/mol. The molecule has 0 fully saturated rings. The number of hydrogen-bond acceptors (Lipinski definition) is 3. The maximum Gasteiger partial charge on any atom is 0.258 e. The van der Waals surface area contributed by atoms with Crippen LogP contribution in [0.15, 0.2) is 42.5 Å². The number of nitrogens with one attached hydrogen (secondary N) is 2. The Morgan fingerprint density at radius 3 is 2.55 bits per heavy atom. The quantitative estimate of drug-likeness (QED) is 0.805. The SMILES string of the molecule is COCCNc1ccccc1NC(=O)c1cccc(F)c1F. The second-order valence-electron chi connectivity index (χ2n) is 4.52. The van der Waals surface area contributed by atoms with Crippen LogP contribution >= 0.6 is 0 Å². The van der Waals surface area contributed by atoms with E-state index >= 15 is 0 Å². The van der Waals surface area contributed by atoms with Crippen molar-refractivity contribution < 1.29 is 18.3 Å². The first-order valence-electron chi connectivity index (χ1n) is 6.70. The Morgan fingerprint density at radius 1 is 1.09 bits per heavy atom. The molecule has 0 aromatic heterocycles. The van der Waals surface area contributed by atoms with Crippen LogP contribution in [0.2, 0.25) is 0 Å². The molecule has 2 aromatic rings. The van der Waals surface area contributed by atoms with Crippen molar-refractivity contribution >= 4 is 17.3 Å². The van der Waals surface area contributed by atoms with Crippen LogP contribution in [-0.4, -0.2) is 26.2 Å². The van der Waals surface area contributed by atoms with E-state index in [9.17, 15) is 13.6 Å².